The summed E-state index contributed by atoms with van der Waals surface area (Å²) in [5, 5.41) is 16.9. The first-order valence-electron chi connectivity index (χ1n) is 10.4. The van der Waals surface area contributed by atoms with Gasteiger partial charge in [-0.1, -0.05) is 36.9 Å². The Labute approximate surface area is 200 Å². The molecule has 0 aliphatic heterocycles. The molecule has 0 aliphatic rings. The Morgan fingerprint density at radius 1 is 1.09 bits per heavy atom. The fourth-order valence-corrected chi connectivity index (χ4v) is 4.06. The van der Waals surface area contributed by atoms with Gasteiger partial charge in [0.2, 0.25) is 10.0 Å². The molecular formula is C24H19N7O3S. The number of hydrogen-bond acceptors (Lipinski definition) is 6. The van der Waals surface area contributed by atoms with Crippen LogP contribution < -0.4 is 10.5 Å². The Balaban J connectivity index is 1.56. The maximum atomic E-state index is 13.1. The van der Waals surface area contributed by atoms with Crippen molar-refractivity contribution in [3.05, 3.63) is 97.0 Å². The summed E-state index contributed by atoms with van der Waals surface area (Å²) in [6, 6.07) is 16.9. The van der Waals surface area contributed by atoms with Gasteiger partial charge in [-0.05, 0) is 35.9 Å². The van der Waals surface area contributed by atoms with Crippen molar-refractivity contribution >= 4 is 33.5 Å². The minimum absolute atomic E-state index is 0.00481. The maximum absolute atomic E-state index is 13.1. The highest BCUT2D eigenvalue weighted by atomic mass is 32.2. The van der Waals surface area contributed by atoms with Gasteiger partial charge >= 0.3 is 0 Å². The van der Waals surface area contributed by atoms with Gasteiger partial charge < -0.3 is 5.32 Å². The predicted octanol–water partition coefficient (Wildman–Crippen LogP) is 3.12. The van der Waals surface area contributed by atoms with Gasteiger partial charge in [-0.2, -0.15) is 10.2 Å². The molecule has 0 unspecified atom stereocenters. The highest BCUT2D eigenvalue weighted by Crippen LogP contribution is 2.27. The van der Waals surface area contributed by atoms with Crippen molar-refractivity contribution in [2.75, 3.05) is 5.32 Å². The SMILES string of the molecule is C=Cc1ccc(-n2nc(-c3ccc(S(N)(=O)=O)cc3)cc2NC(=O)c2cnn3cccnc23)cc1. The molecule has 0 saturated heterocycles. The molecule has 0 atom stereocenters. The zero-order chi connectivity index (χ0) is 24.6. The molecule has 11 heteroatoms. The van der Waals surface area contributed by atoms with Gasteiger partial charge in [0.1, 0.15) is 11.4 Å². The van der Waals surface area contributed by atoms with E-state index in [1.165, 1.54) is 22.8 Å². The molecule has 5 rings (SSSR count). The Morgan fingerprint density at radius 3 is 2.51 bits per heavy atom. The molecule has 3 N–H and O–H groups in total. The number of amides is 1. The van der Waals surface area contributed by atoms with E-state index in [0.29, 0.717) is 34.0 Å². The summed E-state index contributed by atoms with van der Waals surface area (Å²) in [5.41, 5.74) is 3.53. The van der Waals surface area contributed by atoms with Gasteiger partial charge in [0.25, 0.3) is 5.91 Å². The lowest BCUT2D eigenvalue weighted by Gasteiger charge is -2.09. The van der Waals surface area contributed by atoms with Gasteiger partial charge in [0, 0.05) is 24.0 Å². The molecule has 0 saturated carbocycles. The second-order valence-electron chi connectivity index (χ2n) is 7.59. The van der Waals surface area contributed by atoms with Crippen LogP contribution in [0.4, 0.5) is 5.82 Å². The molecule has 0 radical (unpaired) electrons. The molecule has 0 fully saturated rings. The number of anilines is 1. The first-order chi connectivity index (χ1) is 16.8. The van der Waals surface area contributed by atoms with Crippen LogP contribution in [0.3, 0.4) is 0 Å². The highest BCUT2D eigenvalue weighted by molar-refractivity contribution is 7.89. The van der Waals surface area contributed by atoms with Gasteiger partial charge in [0.05, 0.1) is 22.5 Å². The number of hydrogen-bond donors (Lipinski definition) is 2. The number of primary sulfonamides is 1. The lowest BCUT2D eigenvalue weighted by atomic mass is 10.1. The van der Waals surface area contributed by atoms with Crippen LogP contribution in [0.15, 0.2) is 90.7 Å². The van der Waals surface area contributed by atoms with Crippen molar-refractivity contribution in [1.82, 2.24) is 24.4 Å². The zero-order valence-electron chi connectivity index (χ0n) is 18.2. The number of carbonyl (C=O) groups is 1. The minimum Gasteiger partial charge on any atom is -0.306 e. The summed E-state index contributed by atoms with van der Waals surface area (Å²) >= 11 is 0. The Morgan fingerprint density at radius 2 is 1.83 bits per heavy atom. The predicted molar refractivity (Wildman–Crippen MR) is 131 cm³/mol. The molecule has 0 spiro atoms. The Kier molecular flexibility index (Phi) is 5.47. The van der Waals surface area contributed by atoms with E-state index in [1.54, 1.807) is 47.4 Å². The van der Waals surface area contributed by atoms with Gasteiger partial charge in [-0.15, -0.1) is 0 Å². The first kappa shape index (κ1) is 22.2. The number of nitrogens with one attached hydrogen (secondary N) is 1. The van der Waals surface area contributed by atoms with Crippen LogP contribution in [0.5, 0.6) is 0 Å². The second kappa shape index (κ2) is 8.63. The lowest BCUT2D eigenvalue weighted by Crippen LogP contribution is -2.15. The number of fused-ring (bicyclic) bond motifs is 1. The molecule has 5 aromatic rings. The van der Waals surface area contributed by atoms with E-state index in [4.69, 9.17) is 5.14 Å². The van der Waals surface area contributed by atoms with Gasteiger partial charge in [0.15, 0.2) is 5.65 Å². The van der Waals surface area contributed by atoms with Crippen LogP contribution in [-0.4, -0.2) is 38.7 Å². The van der Waals surface area contributed by atoms with E-state index in [2.05, 4.69) is 27.1 Å². The number of aromatic nitrogens is 5. The molecule has 2 aromatic carbocycles. The average Bonchev–Trinajstić information content (AvgIpc) is 3.48. The zero-order valence-corrected chi connectivity index (χ0v) is 19.1. The quantitative estimate of drug-likeness (QED) is 0.379. The first-order valence-corrected chi connectivity index (χ1v) is 11.9. The Bertz CT molecular complexity index is 1670. The highest BCUT2D eigenvalue weighted by Gasteiger charge is 2.19. The van der Waals surface area contributed by atoms with E-state index in [0.717, 1.165) is 5.56 Å². The van der Waals surface area contributed by atoms with Crippen molar-refractivity contribution in [3.63, 3.8) is 0 Å². The van der Waals surface area contributed by atoms with Crippen LogP contribution in [-0.2, 0) is 10.0 Å². The van der Waals surface area contributed by atoms with E-state index >= 15 is 0 Å². The molecular weight excluding hydrogens is 466 g/mol. The number of sulfonamides is 1. The minimum atomic E-state index is -3.82. The second-order valence-corrected chi connectivity index (χ2v) is 9.15. The van der Waals surface area contributed by atoms with E-state index in [1.807, 2.05) is 24.3 Å². The van der Waals surface area contributed by atoms with Crippen molar-refractivity contribution < 1.29 is 13.2 Å². The number of rotatable bonds is 6. The Hall–Kier alpha value is -4.61. The van der Waals surface area contributed by atoms with Crippen molar-refractivity contribution in [1.29, 1.82) is 0 Å². The molecule has 10 nitrogen and oxygen atoms in total. The summed E-state index contributed by atoms with van der Waals surface area (Å²) in [4.78, 5) is 17.4. The number of nitrogens with two attached hydrogens (primary N) is 1. The summed E-state index contributed by atoms with van der Waals surface area (Å²) in [6.45, 7) is 3.77. The van der Waals surface area contributed by atoms with Crippen molar-refractivity contribution in [2.45, 2.75) is 4.90 Å². The van der Waals surface area contributed by atoms with Crippen LogP contribution in [0.25, 0.3) is 28.7 Å². The molecule has 174 valence electrons. The maximum Gasteiger partial charge on any atom is 0.262 e. The number of benzene rings is 2. The van der Waals surface area contributed by atoms with Crippen LogP contribution in [0.2, 0.25) is 0 Å². The van der Waals surface area contributed by atoms with Crippen LogP contribution >= 0.6 is 0 Å². The topological polar surface area (TPSA) is 137 Å². The van der Waals surface area contributed by atoms with Crippen molar-refractivity contribution in [3.8, 4) is 16.9 Å². The average molecular weight is 486 g/mol. The fourth-order valence-electron chi connectivity index (χ4n) is 3.55. The van der Waals surface area contributed by atoms with E-state index in [-0.39, 0.29) is 4.90 Å². The van der Waals surface area contributed by atoms with E-state index < -0.39 is 15.9 Å². The van der Waals surface area contributed by atoms with Gasteiger partial charge in [-0.25, -0.2) is 27.7 Å². The van der Waals surface area contributed by atoms with E-state index in [9.17, 15) is 13.2 Å². The summed E-state index contributed by atoms with van der Waals surface area (Å²) < 4.78 is 26.3. The number of carbonyl (C=O) groups excluding carboxylic acids is 1. The largest absolute Gasteiger partial charge is 0.306 e. The monoisotopic (exact) mass is 485 g/mol. The molecule has 0 aliphatic carbocycles. The third-order valence-corrected chi connectivity index (χ3v) is 6.26. The standard InChI is InChI=1S/C24H19N7O3S/c1-2-16-4-8-18(9-5-16)31-22(28-24(32)20-15-27-30-13-3-12-26-23(20)30)14-21(29-31)17-6-10-19(11-7-17)35(25,33)34/h2-15H,1H2,(H,28,32)(H2,25,33,34). The molecule has 3 aromatic heterocycles. The van der Waals surface area contributed by atoms with Crippen LogP contribution in [0, 0.1) is 0 Å². The third-order valence-electron chi connectivity index (χ3n) is 5.33. The van der Waals surface area contributed by atoms with Gasteiger partial charge in [-0.3, -0.25) is 4.79 Å². The normalized spacial score (nSPS) is 11.5. The lowest BCUT2D eigenvalue weighted by molar-refractivity contribution is 0.102. The molecule has 35 heavy (non-hydrogen) atoms. The molecule has 3 heterocycles. The summed E-state index contributed by atoms with van der Waals surface area (Å²) in [7, 11) is -3.82. The molecule has 1 amide bonds. The smallest absolute Gasteiger partial charge is 0.262 e. The van der Waals surface area contributed by atoms with Crippen molar-refractivity contribution in [2.24, 2.45) is 5.14 Å². The summed E-state index contributed by atoms with van der Waals surface area (Å²) in [6.07, 6.45) is 6.46. The fraction of sp³-hybridized carbons (Fsp3) is 0. The summed E-state index contributed by atoms with van der Waals surface area (Å²) in [5.74, 6) is 0.000779. The van der Waals surface area contributed by atoms with Crippen LogP contribution in [0.1, 0.15) is 15.9 Å². The third kappa shape index (κ3) is 4.33. The number of nitrogens with zero attached hydrogens (tertiary/aromatic N) is 5. The molecule has 0 bridgehead atoms.